The lowest BCUT2D eigenvalue weighted by Gasteiger charge is -2.28. The highest BCUT2D eigenvalue weighted by molar-refractivity contribution is 6.05. The van der Waals surface area contributed by atoms with Crippen LogP contribution in [-0.4, -0.2) is 55.5 Å². The lowest BCUT2D eigenvalue weighted by molar-refractivity contribution is -0.140. The molecule has 1 aromatic carbocycles. The molecule has 0 radical (unpaired) electrons. The summed E-state index contributed by atoms with van der Waals surface area (Å²) in [4.78, 5) is 40.7. The number of benzene rings is 1. The van der Waals surface area contributed by atoms with E-state index in [-0.39, 0.29) is 42.5 Å². The van der Waals surface area contributed by atoms with E-state index >= 15 is 0 Å². The number of nitrogens with one attached hydrogen (secondary N) is 1. The minimum Gasteiger partial charge on any atom is -0.378 e. The van der Waals surface area contributed by atoms with Gasteiger partial charge < -0.3 is 15.0 Å². The number of fused-ring (bicyclic) bond motifs is 1. The van der Waals surface area contributed by atoms with E-state index in [9.17, 15) is 14.4 Å². The molecule has 2 aliphatic heterocycles. The number of rotatable bonds is 5. The van der Waals surface area contributed by atoms with Gasteiger partial charge in [-0.1, -0.05) is 12.2 Å². The van der Waals surface area contributed by atoms with Crippen LogP contribution in [0.4, 0.5) is 11.4 Å². The van der Waals surface area contributed by atoms with Crippen molar-refractivity contribution in [3.63, 3.8) is 0 Å². The Kier molecular flexibility index (Phi) is 5.43. The van der Waals surface area contributed by atoms with E-state index in [1.807, 2.05) is 36.4 Å². The highest BCUT2D eigenvalue weighted by Gasteiger charge is 2.46. The number of carbonyl (C=O) groups is 3. The van der Waals surface area contributed by atoms with Crippen LogP contribution in [0.1, 0.15) is 19.3 Å². The van der Waals surface area contributed by atoms with Crippen molar-refractivity contribution in [2.75, 3.05) is 43.1 Å². The Bertz CT molecular complexity index is 757. The average Bonchev–Trinajstić information content (AvgIpc) is 2.98. The fourth-order valence-corrected chi connectivity index (χ4v) is 4.10. The quantitative estimate of drug-likeness (QED) is 0.620. The van der Waals surface area contributed by atoms with E-state index in [0.29, 0.717) is 18.5 Å². The van der Waals surface area contributed by atoms with Crippen LogP contribution in [-0.2, 0) is 19.1 Å². The van der Waals surface area contributed by atoms with Crippen LogP contribution < -0.4 is 10.2 Å². The van der Waals surface area contributed by atoms with Crippen LogP contribution >= 0.6 is 0 Å². The third kappa shape index (κ3) is 3.80. The minimum absolute atomic E-state index is 0.107. The maximum atomic E-state index is 12.4. The lowest BCUT2D eigenvalue weighted by Crippen LogP contribution is -2.36. The first-order valence-electron chi connectivity index (χ1n) is 9.86. The van der Waals surface area contributed by atoms with Gasteiger partial charge in [0.05, 0.1) is 25.0 Å². The molecule has 0 aromatic heterocycles. The third-order valence-electron chi connectivity index (χ3n) is 5.69. The van der Waals surface area contributed by atoms with Crippen molar-refractivity contribution in [2.45, 2.75) is 19.3 Å². The first kappa shape index (κ1) is 18.7. The Morgan fingerprint density at radius 3 is 2.21 bits per heavy atom. The first-order chi connectivity index (χ1) is 13.6. The largest absolute Gasteiger partial charge is 0.378 e. The van der Waals surface area contributed by atoms with Gasteiger partial charge in [-0.3, -0.25) is 19.3 Å². The molecule has 1 N–H and O–H groups in total. The Hall–Kier alpha value is -2.67. The number of hydrogen-bond acceptors (Lipinski definition) is 5. The Balaban J connectivity index is 1.29. The number of allylic oxidation sites excluding steroid dienone is 2. The zero-order chi connectivity index (χ0) is 19.5. The molecular formula is C21H25N3O4. The fraction of sp³-hybridized carbons (Fsp3) is 0.476. The molecule has 0 spiro atoms. The van der Waals surface area contributed by atoms with Crippen LogP contribution in [0.15, 0.2) is 36.4 Å². The van der Waals surface area contributed by atoms with Gasteiger partial charge in [0.15, 0.2) is 0 Å². The smallest absolute Gasteiger partial charge is 0.233 e. The molecule has 0 unspecified atom stereocenters. The zero-order valence-electron chi connectivity index (χ0n) is 15.8. The second-order valence-corrected chi connectivity index (χ2v) is 7.43. The molecule has 2 fully saturated rings. The molecule has 1 aromatic rings. The van der Waals surface area contributed by atoms with Crippen molar-refractivity contribution in [1.29, 1.82) is 0 Å². The second kappa shape index (κ2) is 8.14. The van der Waals surface area contributed by atoms with Crippen molar-refractivity contribution >= 4 is 29.1 Å². The van der Waals surface area contributed by atoms with Crippen molar-refractivity contribution in [3.05, 3.63) is 36.4 Å². The van der Waals surface area contributed by atoms with Gasteiger partial charge in [-0.15, -0.1) is 0 Å². The standard InChI is InChI=1S/C21H25N3O4/c25-19(9-10-24-20(26)17-3-1-2-4-18(17)21(24)27)22-15-5-7-16(8-6-15)23-11-13-28-14-12-23/h1-2,5-8,17-18H,3-4,9-14H2,(H,22,25)/t17-,18+. The van der Waals surface area contributed by atoms with Crippen LogP contribution in [0.2, 0.25) is 0 Å². The number of anilines is 2. The van der Waals surface area contributed by atoms with E-state index in [4.69, 9.17) is 4.74 Å². The van der Waals surface area contributed by atoms with Gasteiger partial charge in [0.1, 0.15) is 0 Å². The van der Waals surface area contributed by atoms with Gasteiger partial charge in [0.2, 0.25) is 17.7 Å². The number of ether oxygens (including phenoxy) is 1. The molecule has 28 heavy (non-hydrogen) atoms. The fourth-order valence-electron chi connectivity index (χ4n) is 4.10. The molecular weight excluding hydrogens is 358 g/mol. The Morgan fingerprint density at radius 2 is 1.61 bits per heavy atom. The maximum Gasteiger partial charge on any atom is 0.233 e. The minimum atomic E-state index is -0.242. The number of hydrogen-bond donors (Lipinski definition) is 1. The summed E-state index contributed by atoms with van der Waals surface area (Å²) in [5, 5.41) is 2.84. The first-order valence-corrected chi connectivity index (χ1v) is 9.86. The number of nitrogens with zero attached hydrogens (tertiary/aromatic N) is 2. The Labute approximate surface area is 164 Å². The van der Waals surface area contributed by atoms with Gasteiger partial charge in [-0.2, -0.15) is 0 Å². The highest BCUT2D eigenvalue weighted by Crippen LogP contribution is 2.35. The number of carbonyl (C=O) groups excluding carboxylic acids is 3. The monoisotopic (exact) mass is 383 g/mol. The van der Waals surface area contributed by atoms with Crippen LogP contribution in [0.5, 0.6) is 0 Å². The van der Waals surface area contributed by atoms with Gasteiger partial charge in [0.25, 0.3) is 0 Å². The van der Waals surface area contributed by atoms with E-state index in [0.717, 1.165) is 32.0 Å². The lowest BCUT2D eigenvalue weighted by atomic mass is 9.85. The van der Waals surface area contributed by atoms with Crippen molar-refractivity contribution in [3.8, 4) is 0 Å². The van der Waals surface area contributed by atoms with E-state index in [1.54, 1.807) is 0 Å². The number of morpholine rings is 1. The summed E-state index contributed by atoms with van der Waals surface area (Å²) in [5.74, 6) is -0.960. The van der Waals surface area contributed by atoms with Gasteiger partial charge in [-0.25, -0.2) is 0 Å². The predicted octanol–water partition coefficient (Wildman–Crippen LogP) is 1.80. The summed E-state index contributed by atoms with van der Waals surface area (Å²) < 4.78 is 5.36. The highest BCUT2D eigenvalue weighted by atomic mass is 16.5. The summed E-state index contributed by atoms with van der Waals surface area (Å²) >= 11 is 0. The van der Waals surface area contributed by atoms with Gasteiger partial charge in [0, 0.05) is 37.4 Å². The van der Waals surface area contributed by atoms with Crippen LogP contribution in [0, 0.1) is 11.8 Å². The van der Waals surface area contributed by atoms with Crippen LogP contribution in [0.3, 0.4) is 0 Å². The van der Waals surface area contributed by atoms with E-state index in [2.05, 4.69) is 10.2 Å². The molecule has 2 atom stereocenters. The topological polar surface area (TPSA) is 79.0 Å². The molecule has 7 heteroatoms. The molecule has 2 heterocycles. The maximum absolute atomic E-state index is 12.4. The summed E-state index contributed by atoms with van der Waals surface area (Å²) in [7, 11) is 0. The number of likely N-dealkylation sites (tertiary alicyclic amines) is 1. The van der Waals surface area contributed by atoms with Gasteiger partial charge >= 0.3 is 0 Å². The Morgan fingerprint density at radius 1 is 1.00 bits per heavy atom. The number of imide groups is 1. The molecule has 3 aliphatic rings. The second-order valence-electron chi connectivity index (χ2n) is 7.43. The summed E-state index contributed by atoms with van der Waals surface area (Å²) in [6, 6.07) is 7.70. The molecule has 1 aliphatic carbocycles. The van der Waals surface area contributed by atoms with E-state index < -0.39 is 0 Å². The van der Waals surface area contributed by atoms with Crippen molar-refractivity contribution in [1.82, 2.24) is 4.90 Å². The van der Waals surface area contributed by atoms with Crippen molar-refractivity contribution < 1.29 is 19.1 Å². The van der Waals surface area contributed by atoms with Gasteiger partial charge in [-0.05, 0) is 37.1 Å². The van der Waals surface area contributed by atoms with Crippen molar-refractivity contribution in [2.24, 2.45) is 11.8 Å². The van der Waals surface area contributed by atoms with E-state index in [1.165, 1.54) is 4.90 Å². The summed E-state index contributed by atoms with van der Waals surface area (Å²) in [6.07, 6.45) is 5.27. The third-order valence-corrected chi connectivity index (χ3v) is 5.69. The molecule has 3 amide bonds. The molecule has 148 valence electrons. The van der Waals surface area contributed by atoms with Crippen LogP contribution in [0.25, 0.3) is 0 Å². The molecule has 0 saturated carbocycles. The SMILES string of the molecule is O=C(CCN1C(=O)[C@H]2CC=CC[C@H]2C1=O)Nc1ccc(N2CCOCC2)cc1. The molecule has 4 rings (SSSR count). The predicted molar refractivity (Wildman–Crippen MR) is 105 cm³/mol. The zero-order valence-corrected chi connectivity index (χ0v) is 15.8. The summed E-state index contributed by atoms with van der Waals surface area (Å²) in [6.45, 7) is 3.32. The molecule has 7 nitrogen and oxygen atoms in total. The number of amides is 3. The summed E-state index contributed by atoms with van der Waals surface area (Å²) in [5.41, 5.74) is 1.81. The molecule has 0 bridgehead atoms. The molecule has 2 saturated heterocycles. The normalized spacial score (nSPS) is 24.4. The average molecular weight is 383 g/mol.